The van der Waals surface area contributed by atoms with E-state index in [0.29, 0.717) is 23.9 Å². The summed E-state index contributed by atoms with van der Waals surface area (Å²) < 4.78 is 39.3. The van der Waals surface area contributed by atoms with Crippen LogP contribution in [0.5, 0.6) is 0 Å². The molecule has 1 unspecified atom stereocenters. The van der Waals surface area contributed by atoms with E-state index < -0.39 is 10.0 Å². The van der Waals surface area contributed by atoms with Gasteiger partial charge >= 0.3 is 0 Å². The van der Waals surface area contributed by atoms with Gasteiger partial charge in [0.25, 0.3) is 0 Å². The standard InChI is InChI=1S/C21H31NO4S/c23-27(24,20-4-2-1-3-5-20)22-12-10-21(11-13-22)16-18(9-15-26-21)8-14-25-17-19-6-7-19/h1-5,18-19H,6-17H2. The van der Waals surface area contributed by atoms with Crippen molar-refractivity contribution in [3.8, 4) is 0 Å². The number of sulfonamides is 1. The normalized spacial score (nSPS) is 26.3. The average Bonchev–Trinajstić information content (AvgIpc) is 3.51. The molecule has 150 valence electrons. The minimum absolute atomic E-state index is 0.137. The number of hydrogen-bond donors (Lipinski definition) is 0. The van der Waals surface area contributed by atoms with Crippen LogP contribution in [0.2, 0.25) is 0 Å². The van der Waals surface area contributed by atoms with Crippen molar-refractivity contribution < 1.29 is 17.9 Å². The maximum Gasteiger partial charge on any atom is 0.243 e. The van der Waals surface area contributed by atoms with Gasteiger partial charge in [-0.15, -0.1) is 0 Å². The zero-order chi connectivity index (χ0) is 18.7. The zero-order valence-electron chi connectivity index (χ0n) is 16.0. The molecule has 5 nitrogen and oxygen atoms in total. The van der Waals surface area contributed by atoms with Gasteiger partial charge in [0.05, 0.1) is 10.5 Å². The molecule has 1 spiro atoms. The van der Waals surface area contributed by atoms with E-state index in [9.17, 15) is 8.42 Å². The van der Waals surface area contributed by atoms with Crippen molar-refractivity contribution in [2.24, 2.45) is 11.8 Å². The summed E-state index contributed by atoms with van der Waals surface area (Å²) in [5, 5.41) is 0. The Kier molecular flexibility index (Phi) is 5.88. The largest absolute Gasteiger partial charge is 0.381 e. The third kappa shape index (κ3) is 4.73. The Morgan fingerprint density at radius 3 is 2.52 bits per heavy atom. The summed E-state index contributed by atoms with van der Waals surface area (Å²) in [4.78, 5) is 0.385. The Balaban J connectivity index is 1.29. The second-order valence-corrected chi connectivity index (χ2v) is 10.4. The quantitative estimate of drug-likeness (QED) is 0.666. The van der Waals surface area contributed by atoms with Gasteiger partial charge in [-0.05, 0) is 68.9 Å². The molecule has 0 amide bonds. The lowest BCUT2D eigenvalue weighted by molar-refractivity contribution is -0.123. The van der Waals surface area contributed by atoms with E-state index >= 15 is 0 Å². The van der Waals surface area contributed by atoms with Crippen molar-refractivity contribution in [2.45, 2.75) is 55.4 Å². The molecular weight excluding hydrogens is 362 g/mol. The third-order valence-corrected chi connectivity index (χ3v) is 8.24. The van der Waals surface area contributed by atoms with E-state index in [1.54, 1.807) is 28.6 Å². The fourth-order valence-electron chi connectivity index (χ4n) is 4.38. The Hall–Kier alpha value is -0.950. The van der Waals surface area contributed by atoms with E-state index in [1.807, 2.05) is 6.07 Å². The molecule has 1 aromatic carbocycles. The zero-order valence-corrected chi connectivity index (χ0v) is 16.8. The highest BCUT2D eigenvalue weighted by Crippen LogP contribution is 2.40. The molecule has 4 rings (SSSR count). The summed E-state index contributed by atoms with van der Waals surface area (Å²) >= 11 is 0. The molecular formula is C21H31NO4S. The molecule has 1 atom stereocenters. The van der Waals surface area contributed by atoms with Crippen LogP contribution < -0.4 is 0 Å². The SMILES string of the molecule is O=S(=O)(c1ccccc1)N1CCC2(CC1)CC(CCOCC1CC1)CCO2. The molecule has 0 bridgehead atoms. The topological polar surface area (TPSA) is 55.8 Å². The number of rotatable bonds is 7. The van der Waals surface area contributed by atoms with Gasteiger partial charge in [0, 0.05) is 32.9 Å². The Bertz CT molecular complexity index is 709. The van der Waals surface area contributed by atoms with Gasteiger partial charge in [-0.3, -0.25) is 0 Å². The number of hydrogen-bond acceptors (Lipinski definition) is 4. The summed E-state index contributed by atoms with van der Waals surface area (Å²) in [6.45, 7) is 3.66. The second-order valence-electron chi connectivity index (χ2n) is 8.41. The van der Waals surface area contributed by atoms with Crippen LogP contribution in [0.3, 0.4) is 0 Å². The van der Waals surface area contributed by atoms with Crippen LogP contribution in [0.15, 0.2) is 35.2 Å². The van der Waals surface area contributed by atoms with Crippen molar-refractivity contribution in [2.75, 3.05) is 32.9 Å². The maximum atomic E-state index is 12.8. The highest BCUT2D eigenvalue weighted by atomic mass is 32.2. The fourth-order valence-corrected chi connectivity index (χ4v) is 5.85. The van der Waals surface area contributed by atoms with Crippen LogP contribution in [0.4, 0.5) is 0 Å². The molecule has 2 heterocycles. The van der Waals surface area contributed by atoms with E-state index in [0.717, 1.165) is 57.8 Å². The summed E-state index contributed by atoms with van der Waals surface area (Å²) in [5.41, 5.74) is -0.137. The number of ether oxygens (including phenoxy) is 2. The lowest BCUT2D eigenvalue weighted by Crippen LogP contribution is -2.50. The second kappa shape index (κ2) is 8.19. The highest BCUT2D eigenvalue weighted by Gasteiger charge is 2.42. The molecule has 2 aliphatic heterocycles. The number of piperidine rings is 1. The van der Waals surface area contributed by atoms with Crippen LogP contribution in [0, 0.1) is 11.8 Å². The molecule has 27 heavy (non-hydrogen) atoms. The van der Waals surface area contributed by atoms with Crippen LogP contribution in [0.25, 0.3) is 0 Å². The van der Waals surface area contributed by atoms with Crippen LogP contribution >= 0.6 is 0 Å². The molecule has 1 saturated carbocycles. The van der Waals surface area contributed by atoms with Crippen molar-refractivity contribution >= 4 is 10.0 Å². The van der Waals surface area contributed by atoms with Crippen molar-refractivity contribution in [1.82, 2.24) is 4.31 Å². The van der Waals surface area contributed by atoms with Crippen molar-refractivity contribution in [1.29, 1.82) is 0 Å². The monoisotopic (exact) mass is 393 g/mol. The molecule has 0 aromatic heterocycles. The first-order valence-corrected chi connectivity index (χ1v) is 11.8. The van der Waals surface area contributed by atoms with Gasteiger partial charge < -0.3 is 9.47 Å². The smallest absolute Gasteiger partial charge is 0.243 e. The Labute approximate surface area is 163 Å². The van der Waals surface area contributed by atoms with Gasteiger partial charge in [-0.1, -0.05) is 18.2 Å². The minimum Gasteiger partial charge on any atom is -0.381 e. The van der Waals surface area contributed by atoms with Gasteiger partial charge in [0.1, 0.15) is 0 Å². The average molecular weight is 394 g/mol. The first-order valence-electron chi connectivity index (χ1n) is 10.3. The molecule has 2 saturated heterocycles. The van der Waals surface area contributed by atoms with Gasteiger partial charge in [0.2, 0.25) is 10.0 Å². The molecule has 1 aromatic rings. The molecule has 3 fully saturated rings. The van der Waals surface area contributed by atoms with Gasteiger partial charge in [0.15, 0.2) is 0 Å². The molecule has 3 aliphatic rings. The lowest BCUT2D eigenvalue weighted by atomic mass is 9.79. The Morgan fingerprint density at radius 1 is 1.07 bits per heavy atom. The summed E-state index contributed by atoms with van der Waals surface area (Å²) in [6.07, 6.45) is 7.49. The van der Waals surface area contributed by atoms with Crippen LogP contribution in [-0.4, -0.2) is 51.2 Å². The number of nitrogens with zero attached hydrogens (tertiary/aromatic N) is 1. The molecule has 0 radical (unpaired) electrons. The lowest BCUT2D eigenvalue weighted by Gasteiger charge is -2.46. The molecule has 0 N–H and O–H groups in total. The predicted octanol–water partition coefficient (Wildman–Crippen LogP) is 3.45. The van der Waals surface area contributed by atoms with Gasteiger partial charge in [-0.25, -0.2) is 8.42 Å². The summed E-state index contributed by atoms with van der Waals surface area (Å²) in [5.74, 6) is 1.46. The molecule has 1 aliphatic carbocycles. The number of benzene rings is 1. The van der Waals surface area contributed by atoms with E-state index in [4.69, 9.17) is 9.47 Å². The summed E-state index contributed by atoms with van der Waals surface area (Å²) in [7, 11) is -3.39. The van der Waals surface area contributed by atoms with E-state index in [-0.39, 0.29) is 5.60 Å². The van der Waals surface area contributed by atoms with Crippen molar-refractivity contribution in [3.63, 3.8) is 0 Å². The van der Waals surface area contributed by atoms with E-state index in [1.165, 1.54) is 12.8 Å². The summed E-state index contributed by atoms with van der Waals surface area (Å²) in [6, 6.07) is 8.74. The first-order chi connectivity index (χ1) is 13.1. The van der Waals surface area contributed by atoms with Crippen LogP contribution in [0.1, 0.15) is 44.9 Å². The Morgan fingerprint density at radius 2 is 1.81 bits per heavy atom. The highest BCUT2D eigenvalue weighted by molar-refractivity contribution is 7.89. The third-order valence-electron chi connectivity index (χ3n) is 6.33. The maximum absolute atomic E-state index is 12.8. The minimum atomic E-state index is -3.39. The fraction of sp³-hybridized carbons (Fsp3) is 0.714. The van der Waals surface area contributed by atoms with Gasteiger partial charge in [-0.2, -0.15) is 4.31 Å². The molecule has 6 heteroatoms. The van der Waals surface area contributed by atoms with Crippen molar-refractivity contribution in [3.05, 3.63) is 30.3 Å². The first kappa shape index (κ1) is 19.4. The van der Waals surface area contributed by atoms with Crippen LogP contribution in [-0.2, 0) is 19.5 Å². The van der Waals surface area contributed by atoms with E-state index in [2.05, 4.69) is 0 Å². The predicted molar refractivity (Wildman–Crippen MR) is 104 cm³/mol.